The molecule has 0 heterocycles. The number of aliphatic carboxylic acids is 1. The fourth-order valence-electron chi connectivity index (χ4n) is 2.47. The summed E-state index contributed by atoms with van der Waals surface area (Å²) in [5, 5.41) is 11.6. The number of carbonyl (C=O) groups excluding carboxylic acids is 1. The van der Waals surface area contributed by atoms with Gasteiger partial charge in [-0.2, -0.15) is 0 Å². The lowest BCUT2D eigenvalue weighted by atomic mass is 10.0. The Morgan fingerprint density at radius 1 is 1.08 bits per heavy atom. The summed E-state index contributed by atoms with van der Waals surface area (Å²) in [4.78, 5) is 23.1. The van der Waals surface area contributed by atoms with Gasteiger partial charge in [-0.3, -0.25) is 4.79 Å². The minimum atomic E-state index is -1.08. The largest absolute Gasteiger partial charge is 0.480 e. The minimum Gasteiger partial charge on any atom is -0.480 e. The summed E-state index contributed by atoms with van der Waals surface area (Å²) in [6.45, 7) is 2.13. The molecule has 0 spiro atoms. The number of carboxylic acid groups (broad SMARTS) is 1. The van der Waals surface area contributed by atoms with Crippen molar-refractivity contribution >= 4 is 11.9 Å². The highest BCUT2D eigenvalue weighted by Crippen LogP contribution is 2.11. The van der Waals surface area contributed by atoms with Gasteiger partial charge in [-0.05, 0) is 24.1 Å². The molecule has 0 aliphatic heterocycles. The van der Waals surface area contributed by atoms with Gasteiger partial charge in [0.25, 0.3) is 0 Å². The monoisotopic (exact) mass is 341 g/mol. The average molecular weight is 341 g/mol. The fourth-order valence-corrected chi connectivity index (χ4v) is 2.47. The highest BCUT2D eigenvalue weighted by atomic mass is 19.2. The lowest BCUT2D eigenvalue weighted by Crippen LogP contribution is -2.41. The molecule has 0 radical (unpaired) electrons. The molecule has 0 aliphatic carbocycles. The van der Waals surface area contributed by atoms with Crippen LogP contribution >= 0.6 is 0 Å². The van der Waals surface area contributed by atoms with Gasteiger partial charge in [-0.25, -0.2) is 13.6 Å². The summed E-state index contributed by atoms with van der Waals surface area (Å²) in [5.41, 5.74) is 0.301. The predicted molar refractivity (Wildman–Crippen MR) is 87.6 cm³/mol. The van der Waals surface area contributed by atoms with Crippen molar-refractivity contribution in [2.75, 3.05) is 0 Å². The van der Waals surface area contributed by atoms with E-state index in [2.05, 4.69) is 12.2 Å². The van der Waals surface area contributed by atoms with Gasteiger partial charge < -0.3 is 10.4 Å². The van der Waals surface area contributed by atoms with Crippen LogP contribution in [-0.2, 0) is 16.0 Å². The van der Waals surface area contributed by atoms with Crippen molar-refractivity contribution in [3.63, 3.8) is 0 Å². The molecule has 2 N–H and O–H groups in total. The van der Waals surface area contributed by atoms with Crippen LogP contribution in [0, 0.1) is 11.6 Å². The van der Waals surface area contributed by atoms with E-state index in [4.69, 9.17) is 0 Å². The minimum absolute atomic E-state index is 0.183. The predicted octanol–water partition coefficient (Wildman–Crippen LogP) is 3.83. The molecule has 1 rings (SSSR count). The third-order valence-corrected chi connectivity index (χ3v) is 3.83. The first-order valence-corrected chi connectivity index (χ1v) is 8.40. The van der Waals surface area contributed by atoms with E-state index >= 15 is 0 Å². The number of carbonyl (C=O) groups is 2. The van der Waals surface area contributed by atoms with Crippen molar-refractivity contribution in [1.29, 1.82) is 0 Å². The molecule has 134 valence electrons. The molecule has 1 atom stereocenters. The second-order valence-corrected chi connectivity index (χ2v) is 5.94. The van der Waals surface area contributed by atoms with Gasteiger partial charge in [0.2, 0.25) is 5.91 Å². The van der Waals surface area contributed by atoms with Gasteiger partial charge in [-0.1, -0.05) is 51.5 Å². The number of hydrogen-bond donors (Lipinski definition) is 2. The lowest BCUT2D eigenvalue weighted by Gasteiger charge is -2.14. The van der Waals surface area contributed by atoms with Crippen molar-refractivity contribution in [2.24, 2.45) is 0 Å². The zero-order valence-electron chi connectivity index (χ0n) is 14.0. The summed E-state index contributed by atoms with van der Waals surface area (Å²) in [7, 11) is 0. The van der Waals surface area contributed by atoms with Crippen molar-refractivity contribution < 1.29 is 23.5 Å². The molecule has 0 fully saturated rings. The first-order valence-electron chi connectivity index (χ1n) is 8.40. The molecule has 0 bridgehead atoms. The summed E-state index contributed by atoms with van der Waals surface area (Å²) in [6.07, 6.45) is 6.36. The third kappa shape index (κ3) is 7.53. The summed E-state index contributed by atoms with van der Waals surface area (Å²) in [6, 6.07) is 2.25. The Morgan fingerprint density at radius 2 is 1.75 bits per heavy atom. The quantitative estimate of drug-likeness (QED) is 0.601. The van der Waals surface area contributed by atoms with E-state index in [1.54, 1.807) is 0 Å². The fraction of sp³-hybridized carbons (Fsp3) is 0.556. The normalized spacial score (nSPS) is 12.0. The summed E-state index contributed by atoms with van der Waals surface area (Å²) < 4.78 is 26.0. The zero-order valence-corrected chi connectivity index (χ0v) is 14.0. The van der Waals surface area contributed by atoms with E-state index in [9.17, 15) is 23.5 Å². The van der Waals surface area contributed by atoms with Crippen LogP contribution in [0.3, 0.4) is 0 Å². The molecule has 0 saturated carbocycles. The van der Waals surface area contributed by atoms with E-state index < -0.39 is 29.6 Å². The topological polar surface area (TPSA) is 66.4 Å². The Hall–Kier alpha value is -1.98. The van der Waals surface area contributed by atoms with E-state index in [-0.39, 0.29) is 6.42 Å². The molecule has 1 amide bonds. The standard InChI is InChI=1S/C18H25F2NO3/c1-2-3-4-5-6-7-8-16(18(23)24)21-17(22)12-13-9-10-14(19)15(20)11-13/h9-11,16H,2-8,12H2,1H3,(H,21,22)(H,23,24)/t16-/m1/s1. The maximum Gasteiger partial charge on any atom is 0.326 e. The number of nitrogens with one attached hydrogen (secondary N) is 1. The van der Waals surface area contributed by atoms with Crippen LogP contribution in [0.5, 0.6) is 0 Å². The molecule has 4 nitrogen and oxygen atoms in total. The highest BCUT2D eigenvalue weighted by molar-refractivity contribution is 5.84. The van der Waals surface area contributed by atoms with Crippen LogP contribution in [0.15, 0.2) is 18.2 Å². The van der Waals surface area contributed by atoms with E-state index in [1.165, 1.54) is 12.5 Å². The Morgan fingerprint density at radius 3 is 2.38 bits per heavy atom. The molecule has 0 unspecified atom stereocenters. The summed E-state index contributed by atoms with van der Waals surface area (Å²) in [5.74, 6) is -3.60. The van der Waals surface area contributed by atoms with Gasteiger partial charge in [0, 0.05) is 0 Å². The molecule has 6 heteroatoms. The Balaban J connectivity index is 2.41. The number of unbranched alkanes of at least 4 members (excludes halogenated alkanes) is 5. The second kappa shape index (κ2) is 10.7. The maximum absolute atomic E-state index is 13.1. The molecule has 24 heavy (non-hydrogen) atoms. The first-order chi connectivity index (χ1) is 11.4. The molecule has 0 aliphatic rings. The number of halogens is 2. The van der Waals surface area contributed by atoms with Crippen LogP contribution in [0.4, 0.5) is 8.78 Å². The maximum atomic E-state index is 13.1. The average Bonchev–Trinajstić information content (AvgIpc) is 2.53. The molecule has 1 aromatic carbocycles. The summed E-state index contributed by atoms with van der Waals surface area (Å²) >= 11 is 0. The lowest BCUT2D eigenvalue weighted by molar-refractivity contribution is -0.142. The number of rotatable bonds is 11. The van der Waals surface area contributed by atoms with Crippen LogP contribution in [0.25, 0.3) is 0 Å². The Bertz CT molecular complexity index is 549. The van der Waals surface area contributed by atoms with Gasteiger partial charge in [0.05, 0.1) is 6.42 Å². The van der Waals surface area contributed by atoms with Crippen LogP contribution in [0.2, 0.25) is 0 Å². The molecular formula is C18H25F2NO3. The Kier molecular flexibility index (Phi) is 8.97. The van der Waals surface area contributed by atoms with Crippen molar-refractivity contribution in [1.82, 2.24) is 5.32 Å². The van der Waals surface area contributed by atoms with Crippen molar-refractivity contribution in [2.45, 2.75) is 64.3 Å². The van der Waals surface area contributed by atoms with Gasteiger partial charge >= 0.3 is 5.97 Å². The zero-order chi connectivity index (χ0) is 17.9. The van der Waals surface area contributed by atoms with Crippen LogP contribution in [-0.4, -0.2) is 23.0 Å². The molecule has 1 aromatic rings. The Labute approximate surface area is 141 Å². The molecule has 0 saturated heterocycles. The number of benzene rings is 1. The van der Waals surface area contributed by atoms with Gasteiger partial charge in [-0.15, -0.1) is 0 Å². The van der Waals surface area contributed by atoms with Crippen LogP contribution in [0.1, 0.15) is 57.4 Å². The number of carboxylic acids is 1. The molecule has 0 aromatic heterocycles. The number of amides is 1. The first kappa shape index (κ1) is 20.1. The van der Waals surface area contributed by atoms with Crippen molar-refractivity contribution in [3.05, 3.63) is 35.4 Å². The van der Waals surface area contributed by atoms with E-state index in [0.717, 1.165) is 44.2 Å². The molecular weight excluding hydrogens is 316 g/mol. The smallest absolute Gasteiger partial charge is 0.326 e. The highest BCUT2D eigenvalue weighted by Gasteiger charge is 2.19. The van der Waals surface area contributed by atoms with Crippen LogP contribution < -0.4 is 5.32 Å². The third-order valence-electron chi connectivity index (χ3n) is 3.83. The van der Waals surface area contributed by atoms with E-state index in [0.29, 0.717) is 12.0 Å². The van der Waals surface area contributed by atoms with Gasteiger partial charge in [0.1, 0.15) is 6.04 Å². The van der Waals surface area contributed by atoms with E-state index in [1.807, 2.05) is 0 Å². The van der Waals surface area contributed by atoms with Crippen molar-refractivity contribution in [3.8, 4) is 0 Å². The number of hydrogen-bond acceptors (Lipinski definition) is 2. The SMILES string of the molecule is CCCCCCCC[C@@H](NC(=O)Cc1ccc(F)c(F)c1)C(=O)O. The van der Waals surface area contributed by atoms with Gasteiger partial charge in [0.15, 0.2) is 11.6 Å². The second-order valence-electron chi connectivity index (χ2n) is 5.94.